The van der Waals surface area contributed by atoms with Crippen LogP contribution in [0.1, 0.15) is 13.8 Å². The zero-order valence-corrected chi connectivity index (χ0v) is 9.11. The van der Waals surface area contributed by atoms with E-state index in [4.69, 9.17) is 5.11 Å². The molecule has 0 aliphatic rings. The van der Waals surface area contributed by atoms with Gasteiger partial charge in [-0.05, 0) is 13.8 Å². The molecule has 0 radical (unpaired) electrons. The van der Waals surface area contributed by atoms with Crippen LogP contribution in [-0.4, -0.2) is 29.6 Å². The number of carbonyl (C=O) groups excluding carboxylic acids is 2. The van der Waals surface area contributed by atoms with Gasteiger partial charge in [0.05, 0.1) is 0 Å². The van der Waals surface area contributed by atoms with Gasteiger partial charge in [-0.3, -0.25) is 10.1 Å². The van der Waals surface area contributed by atoms with Crippen molar-refractivity contribution >= 4 is 17.9 Å². The Labute approximate surface area is 93.0 Å². The van der Waals surface area contributed by atoms with Gasteiger partial charge in [0.25, 0.3) is 5.91 Å². The van der Waals surface area contributed by atoms with Gasteiger partial charge in [0, 0.05) is 18.7 Å². The van der Waals surface area contributed by atoms with E-state index in [-0.39, 0.29) is 0 Å². The maximum atomic E-state index is 11.0. The highest BCUT2D eigenvalue weighted by atomic mass is 16.4. The van der Waals surface area contributed by atoms with E-state index >= 15 is 0 Å². The topological polar surface area (TPSA) is 95.5 Å². The molecule has 0 aliphatic carbocycles. The second-order valence-corrected chi connectivity index (χ2v) is 3.15. The first-order valence-electron chi connectivity index (χ1n) is 4.55. The van der Waals surface area contributed by atoms with Gasteiger partial charge in [-0.25, -0.2) is 9.59 Å². The van der Waals surface area contributed by atoms with Gasteiger partial charge in [-0.15, -0.1) is 0 Å². The number of carboxylic acid groups (broad SMARTS) is 1. The molecule has 0 unspecified atom stereocenters. The van der Waals surface area contributed by atoms with Gasteiger partial charge in [0.1, 0.15) is 0 Å². The van der Waals surface area contributed by atoms with Gasteiger partial charge >= 0.3 is 12.0 Å². The Morgan fingerprint density at radius 1 is 1.19 bits per heavy atom. The number of carboxylic acids is 1. The molecule has 0 aromatic carbocycles. The molecule has 6 heteroatoms. The summed E-state index contributed by atoms with van der Waals surface area (Å²) >= 11 is 0. The number of carbonyl (C=O) groups is 3. The highest BCUT2D eigenvalue weighted by Gasteiger charge is 2.02. The van der Waals surface area contributed by atoms with Crippen molar-refractivity contribution in [3.05, 3.63) is 23.8 Å². The molecule has 0 bridgehead atoms. The molecule has 0 aliphatic heterocycles. The molecule has 0 saturated carbocycles. The fraction of sp³-hybridized carbons (Fsp3) is 0.300. The fourth-order valence-electron chi connectivity index (χ4n) is 0.693. The summed E-state index contributed by atoms with van der Waals surface area (Å²) in [5.41, 5.74) is 1.04. The van der Waals surface area contributed by atoms with E-state index in [9.17, 15) is 14.4 Å². The van der Waals surface area contributed by atoms with Crippen molar-refractivity contribution < 1.29 is 19.5 Å². The number of rotatable bonds is 4. The van der Waals surface area contributed by atoms with Crippen LogP contribution >= 0.6 is 0 Å². The van der Waals surface area contributed by atoms with Gasteiger partial charge in [-0.1, -0.05) is 11.6 Å². The van der Waals surface area contributed by atoms with Crippen LogP contribution in [0.4, 0.5) is 4.79 Å². The van der Waals surface area contributed by atoms with Crippen molar-refractivity contribution in [1.82, 2.24) is 10.6 Å². The predicted octanol–water partition coefficient (Wildman–Crippen LogP) is 0.419. The van der Waals surface area contributed by atoms with Gasteiger partial charge in [0.15, 0.2) is 0 Å². The standard InChI is InChI=1S/C10H14N2O4/c1-7(2)5-6-11-10(16)12-8(13)3-4-9(14)15/h3-5H,6H2,1-2H3,(H,14,15)(H2,11,12,13,16)/b4-3+. The lowest BCUT2D eigenvalue weighted by Gasteiger charge is -2.01. The Morgan fingerprint density at radius 2 is 1.81 bits per heavy atom. The molecule has 3 N–H and O–H groups in total. The monoisotopic (exact) mass is 226 g/mol. The molecule has 0 saturated heterocycles. The first-order valence-corrected chi connectivity index (χ1v) is 4.55. The minimum absolute atomic E-state index is 0.310. The van der Waals surface area contributed by atoms with Gasteiger partial charge in [0.2, 0.25) is 0 Å². The summed E-state index contributed by atoms with van der Waals surface area (Å²) in [7, 11) is 0. The summed E-state index contributed by atoms with van der Waals surface area (Å²) < 4.78 is 0. The quantitative estimate of drug-likeness (QED) is 0.478. The summed E-state index contributed by atoms with van der Waals surface area (Å²) in [5, 5.41) is 12.6. The molecule has 0 aromatic rings. The van der Waals surface area contributed by atoms with Crippen LogP contribution in [-0.2, 0) is 9.59 Å². The van der Waals surface area contributed by atoms with Crippen molar-refractivity contribution in [3.8, 4) is 0 Å². The number of aliphatic carboxylic acids is 1. The zero-order valence-electron chi connectivity index (χ0n) is 9.11. The van der Waals surface area contributed by atoms with Gasteiger partial charge < -0.3 is 10.4 Å². The molecule has 0 spiro atoms. The third-order valence-corrected chi connectivity index (χ3v) is 1.39. The lowest BCUT2D eigenvalue weighted by Crippen LogP contribution is -2.38. The molecule has 88 valence electrons. The van der Waals surface area contributed by atoms with Crippen LogP contribution < -0.4 is 10.6 Å². The van der Waals surface area contributed by atoms with Crippen molar-refractivity contribution in [1.29, 1.82) is 0 Å². The van der Waals surface area contributed by atoms with E-state index < -0.39 is 17.9 Å². The molecular formula is C10H14N2O4. The summed E-state index contributed by atoms with van der Waals surface area (Å²) in [6.45, 7) is 4.06. The normalized spacial score (nSPS) is 9.62. The van der Waals surface area contributed by atoms with Crippen molar-refractivity contribution in [2.45, 2.75) is 13.8 Å². The maximum Gasteiger partial charge on any atom is 0.328 e. The van der Waals surface area contributed by atoms with E-state index in [1.807, 2.05) is 19.2 Å². The number of nitrogens with one attached hydrogen (secondary N) is 2. The minimum atomic E-state index is -1.25. The number of urea groups is 1. The molecule has 0 heterocycles. The minimum Gasteiger partial charge on any atom is -0.478 e. The first-order chi connectivity index (χ1) is 7.41. The number of imide groups is 1. The largest absolute Gasteiger partial charge is 0.478 e. The summed E-state index contributed by atoms with van der Waals surface area (Å²) in [6, 6.07) is -0.669. The lowest BCUT2D eigenvalue weighted by molar-refractivity contribution is -0.131. The van der Waals surface area contributed by atoms with E-state index in [0.717, 1.165) is 11.6 Å². The second kappa shape index (κ2) is 7.22. The average molecular weight is 226 g/mol. The highest BCUT2D eigenvalue weighted by Crippen LogP contribution is 1.85. The number of hydrogen-bond acceptors (Lipinski definition) is 3. The Hall–Kier alpha value is -2.11. The molecule has 0 aromatic heterocycles. The smallest absolute Gasteiger partial charge is 0.328 e. The molecule has 6 nitrogen and oxygen atoms in total. The molecule has 3 amide bonds. The maximum absolute atomic E-state index is 11.0. The summed E-state index contributed by atoms with van der Waals surface area (Å²) in [4.78, 5) is 32.0. The van der Waals surface area contributed by atoms with Crippen molar-refractivity contribution in [3.63, 3.8) is 0 Å². The third-order valence-electron chi connectivity index (χ3n) is 1.39. The van der Waals surface area contributed by atoms with E-state index in [1.165, 1.54) is 0 Å². The molecule has 0 atom stereocenters. The number of amides is 3. The Kier molecular flexibility index (Phi) is 6.27. The zero-order chi connectivity index (χ0) is 12.6. The third kappa shape index (κ3) is 8.49. The average Bonchev–Trinajstić information content (AvgIpc) is 2.14. The van der Waals surface area contributed by atoms with E-state index in [2.05, 4.69) is 5.32 Å². The molecule has 0 rings (SSSR count). The van der Waals surface area contributed by atoms with Crippen molar-refractivity contribution in [2.75, 3.05) is 6.54 Å². The summed E-state index contributed by atoms with van der Waals surface area (Å²) in [5.74, 6) is -2.03. The number of hydrogen-bond donors (Lipinski definition) is 3. The van der Waals surface area contributed by atoms with E-state index in [0.29, 0.717) is 12.6 Å². The van der Waals surface area contributed by atoms with Gasteiger partial charge in [-0.2, -0.15) is 0 Å². The van der Waals surface area contributed by atoms with E-state index in [1.54, 1.807) is 6.08 Å². The van der Waals surface area contributed by atoms with Crippen LogP contribution in [0.25, 0.3) is 0 Å². The Balaban J connectivity index is 3.92. The van der Waals surface area contributed by atoms with Crippen LogP contribution in [0.3, 0.4) is 0 Å². The molecule has 0 fully saturated rings. The first kappa shape index (κ1) is 13.9. The molecule has 16 heavy (non-hydrogen) atoms. The van der Waals surface area contributed by atoms with Crippen LogP contribution in [0.2, 0.25) is 0 Å². The van der Waals surface area contributed by atoms with Crippen LogP contribution in [0, 0.1) is 0 Å². The molecular weight excluding hydrogens is 212 g/mol. The number of allylic oxidation sites excluding steroid dienone is 1. The van der Waals surface area contributed by atoms with Crippen LogP contribution in [0.5, 0.6) is 0 Å². The highest BCUT2D eigenvalue weighted by molar-refractivity contribution is 6.02. The predicted molar refractivity (Wildman–Crippen MR) is 57.7 cm³/mol. The Bertz CT molecular complexity index is 341. The second-order valence-electron chi connectivity index (χ2n) is 3.15. The summed E-state index contributed by atoms with van der Waals surface area (Å²) in [6.07, 6.45) is 3.19. The fourth-order valence-corrected chi connectivity index (χ4v) is 0.693. The SMILES string of the molecule is CC(C)=CCNC(=O)NC(=O)/C=C/C(=O)O. The van der Waals surface area contributed by atoms with Crippen molar-refractivity contribution in [2.24, 2.45) is 0 Å². The lowest BCUT2D eigenvalue weighted by atomic mass is 10.3. The Morgan fingerprint density at radius 3 is 2.31 bits per heavy atom. The van der Waals surface area contributed by atoms with Crippen LogP contribution in [0.15, 0.2) is 23.8 Å².